The van der Waals surface area contributed by atoms with E-state index < -0.39 is 5.97 Å². The van der Waals surface area contributed by atoms with Crippen molar-refractivity contribution in [1.82, 2.24) is 15.0 Å². The van der Waals surface area contributed by atoms with E-state index in [0.717, 1.165) is 18.6 Å². The van der Waals surface area contributed by atoms with Crippen LogP contribution in [0.5, 0.6) is 0 Å². The molecule has 114 valence electrons. The van der Waals surface area contributed by atoms with Crippen LogP contribution in [0.2, 0.25) is 0 Å². The van der Waals surface area contributed by atoms with Gasteiger partial charge in [-0.1, -0.05) is 11.3 Å². The third-order valence-corrected chi connectivity index (χ3v) is 3.85. The monoisotopic (exact) mass is 290 g/mol. The average Bonchev–Trinajstić information content (AvgIpc) is 2.80. The quantitative estimate of drug-likeness (QED) is 0.778. The van der Waals surface area contributed by atoms with Crippen molar-refractivity contribution in [1.29, 1.82) is 0 Å². The number of carbonyl (C=O) groups excluding carboxylic acids is 1. The molecule has 0 aliphatic heterocycles. The van der Waals surface area contributed by atoms with E-state index in [0.29, 0.717) is 17.6 Å². The molecule has 0 fully saturated rings. The highest BCUT2D eigenvalue weighted by molar-refractivity contribution is 5.90. The Hall–Kier alpha value is -1.95. The van der Waals surface area contributed by atoms with Crippen LogP contribution in [0.4, 0.5) is 0 Å². The Labute approximate surface area is 124 Å². The number of quaternary nitrogens is 1. The first-order valence-electron chi connectivity index (χ1n) is 7.30. The number of hydrogen-bond donors (Lipinski definition) is 1. The average molecular weight is 290 g/mol. The number of carboxylic acid groups (broad SMARTS) is 1. The smallest absolute Gasteiger partial charge is 0.113 e. The molecule has 1 heterocycles. The van der Waals surface area contributed by atoms with E-state index in [2.05, 4.69) is 38.0 Å². The van der Waals surface area contributed by atoms with Gasteiger partial charge in [0.1, 0.15) is 5.52 Å². The third kappa shape index (κ3) is 3.39. The summed E-state index contributed by atoms with van der Waals surface area (Å²) >= 11 is 0. The van der Waals surface area contributed by atoms with Crippen molar-refractivity contribution in [2.75, 3.05) is 6.54 Å². The molecule has 0 radical (unpaired) electrons. The summed E-state index contributed by atoms with van der Waals surface area (Å²) in [5.41, 5.74) is 1.57. The van der Waals surface area contributed by atoms with E-state index in [1.54, 1.807) is 6.07 Å². The first-order valence-corrected chi connectivity index (χ1v) is 7.30. The summed E-state index contributed by atoms with van der Waals surface area (Å²) in [4.78, 5) is 12.4. The van der Waals surface area contributed by atoms with E-state index in [1.807, 2.05) is 4.68 Å². The van der Waals surface area contributed by atoms with Gasteiger partial charge < -0.3 is 14.8 Å². The van der Waals surface area contributed by atoms with Crippen LogP contribution in [-0.2, 0) is 6.54 Å². The molecule has 0 spiro atoms. The fraction of sp³-hybridized carbons (Fsp3) is 0.533. The Morgan fingerprint density at radius 1 is 1.29 bits per heavy atom. The van der Waals surface area contributed by atoms with Crippen LogP contribution in [0.3, 0.4) is 0 Å². The van der Waals surface area contributed by atoms with Crippen LogP contribution in [-0.4, -0.2) is 39.6 Å². The lowest BCUT2D eigenvalue weighted by Gasteiger charge is -2.27. The summed E-state index contributed by atoms with van der Waals surface area (Å²) in [6.45, 7) is 10.5. The first kappa shape index (κ1) is 15.4. The first-order chi connectivity index (χ1) is 9.90. The van der Waals surface area contributed by atoms with Crippen molar-refractivity contribution in [3.63, 3.8) is 0 Å². The van der Waals surface area contributed by atoms with Crippen molar-refractivity contribution >= 4 is 17.0 Å². The molecule has 0 atom stereocenters. The van der Waals surface area contributed by atoms with Crippen molar-refractivity contribution in [3.8, 4) is 0 Å². The molecule has 0 saturated carbocycles. The van der Waals surface area contributed by atoms with Crippen LogP contribution in [0.1, 0.15) is 38.1 Å². The molecule has 1 N–H and O–H groups in total. The van der Waals surface area contributed by atoms with Gasteiger partial charge in [-0.25, -0.2) is 4.68 Å². The zero-order chi connectivity index (χ0) is 15.6. The summed E-state index contributed by atoms with van der Waals surface area (Å²) in [7, 11) is 0. The number of carbonyl (C=O) groups is 1. The largest absolute Gasteiger partial charge is 0.545 e. The molecular weight excluding hydrogens is 268 g/mol. The van der Waals surface area contributed by atoms with Gasteiger partial charge in [0.05, 0.1) is 36.7 Å². The van der Waals surface area contributed by atoms with Crippen LogP contribution in [0.15, 0.2) is 18.2 Å². The number of benzene rings is 1. The van der Waals surface area contributed by atoms with Gasteiger partial charge in [0.2, 0.25) is 0 Å². The van der Waals surface area contributed by atoms with Crippen LogP contribution >= 0.6 is 0 Å². The highest BCUT2D eigenvalue weighted by atomic mass is 16.4. The molecule has 0 saturated heterocycles. The molecule has 2 rings (SSSR count). The second-order valence-electron chi connectivity index (χ2n) is 5.94. The topological polar surface area (TPSA) is 75.3 Å². The van der Waals surface area contributed by atoms with Crippen LogP contribution in [0.25, 0.3) is 11.0 Å². The SMILES string of the molecule is CC(C)[NH+](CCn1nnc2cc(C(=O)[O-])ccc21)C(C)C. The highest BCUT2D eigenvalue weighted by Crippen LogP contribution is 2.12. The van der Waals surface area contributed by atoms with Gasteiger partial charge in [0.15, 0.2) is 0 Å². The predicted molar refractivity (Wildman–Crippen MR) is 78.0 cm³/mol. The van der Waals surface area contributed by atoms with Gasteiger partial charge in [-0.05, 0) is 45.4 Å². The molecule has 0 aliphatic rings. The minimum absolute atomic E-state index is 0.131. The minimum atomic E-state index is -1.19. The highest BCUT2D eigenvalue weighted by Gasteiger charge is 2.17. The zero-order valence-corrected chi connectivity index (χ0v) is 13.0. The summed E-state index contributed by atoms with van der Waals surface area (Å²) in [5.74, 6) is -1.19. The number of hydrogen-bond acceptors (Lipinski definition) is 4. The molecule has 0 amide bonds. The Morgan fingerprint density at radius 2 is 1.95 bits per heavy atom. The van der Waals surface area contributed by atoms with Crippen LogP contribution < -0.4 is 10.0 Å². The second-order valence-corrected chi connectivity index (χ2v) is 5.94. The van der Waals surface area contributed by atoms with Gasteiger partial charge in [-0.15, -0.1) is 5.10 Å². The molecule has 0 bridgehead atoms. The number of nitrogens with zero attached hydrogens (tertiary/aromatic N) is 3. The molecule has 1 aromatic heterocycles. The molecule has 6 nitrogen and oxygen atoms in total. The van der Waals surface area contributed by atoms with Gasteiger partial charge in [-0.2, -0.15) is 0 Å². The van der Waals surface area contributed by atoms with E-state index in [-0.39, 0.29) is 5.56 Å². The fourth-order valence-electron chi connectivity index (χ4n) is 2.74. The molecule has 2 aromatic rings. The lowest BCUT2D eigenvalue weighted by molar-refractivity contribution is -0.942. The van der Waals surface area contributed by atoms with Gasteiger partial charge in [0.25, 0.3) is 0 Å². The Kier molecular flexibility index (Phi) is 4.57. The predicted octanol–water partition coefficient (Wildman–Crippen LogP) is -0.503. The van der Waals surface area contributed by atoms with Gasteiger partial charge in [0, 0.05) is 0 Å². The maximum atomic E-state index is 10.8. The number of aromatic nitrogens is 3. The van der Waals surface area contributed by atoms with Gasteiger partial charge >= 0.3 is 0 Å². The third-order valence-electron chi connectivity index (χ3n) is 3.85. The Morgan fingerprint density at radius 3 is 2.52 bits per heavy atom. The number of rotatable bonds is 6. The molecule has 6 heteroatoms. The summed E-state index contributed by atoms with van der Waals surface area (Å²) in [6.07, 6.45) is 0. The molecule has 0 aliphatic carbocycles. The number of fused-ring (bicyclic) bond motifs is 1. The van der Waals surface area contributed by atoms with Gasteiger partial charge in [-0.3, -0.25) is 0 Å². The molecule has 1 aromatic carbocycles. The lowest BCUT2D eigenvalue weighted by atomic mass is 10.2. The Bertz CT molecular complexity index is 626. The summed E-state index contributed by atoms with van der Waals surface area (Å²) in [5, 5.41) is 19.0. The van der Waals surface area contributed by atoms with Crippen LogP contribution in [0, 0.1) is 0 Å². The van der Waals surface area contributed by atoms with E-state index in [9.17, 15) is 9.90 Å². The van der Waals surface area contributed by atoms with E-state index in [4.69, 9.17) is 0 Å². The molecule has 21 heavy (non-hydrogen) atoms. The Balaban J connectivity index is 2.18. The second kappa shape index (κ2) is 6.22. The summed E-state index contributed by atoms with van der Waals surface area (Å²) in [6, 6.07) is 5.87. The number of aromatic carboxylic acids is 1. The van der Waals surface area contributed by atoms with Crippen molar-refractivity contribution in [3.05, 3.63) is 23.8 Å². The molecule has 0 unspecified atom stereocenters. The molecular formula is C15H22N4O2. The standard InChI is InChI=1S/C15H22N4O2/c1-10(2)18(11(3)4)7-8-19-14-6-5-12(15(20)21)9-13(14)16-17-19/h5-6,9-11H,7-8H2,1-4H3,(H,20,21). The lowest BCUT2D eigenvalue weighted by Crippen LogP contribution is -3.18. The number of carboxylic acids is 1. The zero-order valence-electron chi connectivity index (χ0n) is 13.0. The maximum absolute atomic E-state index is 10.8. The van der Waals surface area contributed by atoms with Crippen molar-refractivity contribution < 1.29 is 14.8 Å². The van der Waals surface area contributed by atoms with Crippen molar-refractivity contribution in [2.45, 2.75) is 46.3 Å². The normalized spacial score (nSPS) is 12.0. The van der Waals surface area contributed by atoms with E-state index in [1.165, 1.54) is 17.0 Å². The van der Waals surface area contributed by atoms with Crippen molar-refractivity contribution in [2.24, 2.45) is 0 Å². The maximum Gasteiger partial charge on any atom is 0.113 e. The number of nitrogens with one attached hydrogen (secondary N) is 1. The summed E-state index contributed by atoms with van der Waals surface area (Å²) < 4.78 is 1.83. The fourth-order valence-corrected chi connectivity index (χ4v) is 2.74. The minimum Gasteiger partial charge on any atom is -0.545 e. The van der Waals surface area contributed by atoms with E-state index >= 15 is 0 Å².